The highest BCUT2D eigenvalue weighted by molar-refractivity contribution is 5.95. The highest BCUT2D eigenvalue weighted by Crippen LogP contribution is 2.45. The first-order valence-corrected chi connectivity index (χ1v) is 15.5. The van der Waals surface area contributed by atoms with Crippen LogP contribution in [0.5, 0.6) is 5.75 Å². The number of hydrogen-bond donors (Lipinski definition) is 2. The molecule has 7 rings (SSSR count). The third-order valence-electron chi connectivity index (χ3n) is 9.98. The topological polar surface area (TPSA) is 146 Å². The molecule has 2 aliphatic heterocycles. The van der Waals surface area contributed by atoms with Gasteiger partial charge < -0.3 is 24.8 Å². The molecule has 1 saturated heterocycles. The van der Waals surface area contributed by atoms with E-state index < -0.39 is 6.04 Å². The SMILES string of the molecule is Cc1cnc2c(n1)c(=O)c(N1CCN(C(=O)c3ncnc(C)c3O)[C@H]3CC[C@@H]31)c1n2[C@@H](C(=O)NC2CCCCC2)C[C@H]1C. The minimum atomic E-state index is -0.477. The predicted molar refractivity (Wildman–Crippen MR) is 159 cm³/mol. The second-order valence-corrected chi connectivity index (χ2v) is 12.7. The number of pyridine rings is 1. The number of anilines is 1. The number of nitrogens with zero attached hydrogens (tertiary/aromatic N) is 7. The number of piperazine rings is 1. The summed E-state index contributed by atoms with van der Waals surface area (Å²) in [7, 11) is 0. The lowest BCUT2D eigenvalue weighted by atomic mass is 9.81. The lowest BCUT2D eigenvalue weighted by Crippen LogP contribution is -2.67. The van der Waals surface area contributed by atoms with Crippen LogP contribution in [0.15, 0.2) is 17.3 Å². The molecule has 0 spiro atoms. The first-order chi connectivity index (χ1) is 20.7. The molecule has 12 heteroatoms. The minimum absolute atomic E-state index is 0.00413. The number of nitrogens with one attached hydrogen (secondary N) is 1. The van der Waals surface area contributed by atoms with Crippen molar-refractivity contribution in [2.45, 2.75) is 102 Å². The van der Waals surface area contributed by atoms with Gasteiger partial charge >= 0.3 is 0 Å². The van der Waals surface area contributed by atoms with Gasteiger partial charge in [-0.3, -0.25) is 14.4 Å². The normalized spacial score (nSPS) is 25.3. The molecule has 43 heavy (non-hydrogen) atoms. The molecule has 2 aliphatic carbocycles. The Kier molecular flexibility index (Phi) is 6.81. The van der Waals surface area contributed by atoms with E-state index in [0.717, 1.165) is 44.2 Å². The Morgan fingerprint density at radius 1 is 1.00 bits per heavy atom. The second kappa shape index (κ2) is 10.6. The molecule has 5 heterocycles. The van der Waals surface area contributed by atoms with Crippen molar-refractivity contribution in [3.63, 3.8) is 0 Å². The molecule has 4 atom stereocenters. The zero-order valence-corrected chi connectivity index (χ0v) is 24.9. The van der Waals surface area contributed by atoms with Crippen molar-refractivity contribution < 1.29 is 14.7 Å². The van der Waals surface area contributed by atoms with Crippen LogP contribution in [0, 0.1) is 13.8 Å². The summed E-state index contributed by atoms with van der Waals surface area (Å²) < 4.78 is 1.98. The maximum atomic E-state index is 14.3. The summed E-state index contributed by atoms with van der Waals surface area (Å²) in [6.45, 7) is 6.35. The largest absolute Gasteiger partial charge is 0.504 e. The first kappa shape index (κ1) is 27.7. The van der Waals surface area contributed by atoms with Crippen molar-refractivity contribution in [1.82, 2.24) is 34.7 Å². The second-order valence-electron chi connectivity index (χ2n) is 12.7. The van der Waals surface area contributed by atoms with Gasteiger partial charge in [0.1, 0.15) is 18.1 Å². The third kappa shape index (κ3) is 4.44. The lowest BCUT2D eigenvalue weighted by molar-refractivity contribution is -0.125. The van der Waals surface area contributed by atoms with Gasteiger partial charge in [-0.1, -0.05) is 26.2 Å². The minimum Gasteiger partial charge on any atom is -0.504 e. The zero-order chi connectivity index (χ0) is 30.0. The van der Waals surface area contributed by atoms with Gasteiger partial charge in [-0.25, -0.2) is 19.9 Å². The predicted octanol–water partition coefficient (Wildman–Crippen LogP) is 2.89. The van der Waals surface area contributed by atoms with Crippen LogP contribution < -0.4 is 15.6 Å². The van der Waals surface area contributed by atoms with Gasteiger partial charge in [0.2, 0.25) is 11.3 Å². The van der Waals surface area contributed by atoms with Gasteiger partial charge in [-0.05, 0) is 46.0 Å². The van der Waals surface area contributed by atoms with Gasteiger partial charge in [0.25, 0.3) is 5.91 Å². The zero-order valence-electron chi connectivity index (χ0n) is 24.9. The Morgan fingerprint density at radius 3 is 2.51 bits per heavy atom. The molecule has 0 radical (unpaired) electrons. The summed E-state index contributed by atoms with van der Waals surface area (Å²) in [6, 6.07) is -0.497. The average Bonchev–Trinajstić information content (AvgIpc) is 3.32. The smallest absolute Gasteiger partial charge is 0.276 e. The van der Waals surface area contributed by atoms with Gasteiger partial charge in [0.15, 0.2) is 22.6 Å². The Labute approximate surface area is 249 Å². The Morgan fingerprint density at radius 2 is 1.77 bits per heavy atom. The molecule has 3 aromatic heterocycles. The summed E-state index contributed by atoms with van der Waals surface area (Å²) in [5.41, 5.74) is 2.97. The molecule has 226 valence electrons. The highest BCUT2D eigenvalue weighted by atomic mass is 16.3. The number of carbonyl (C=O) groups is 2. The molecule has 2 N–H and O–H groups in total. The molecule has 3 aromatic rings. The van der Waals surface area contributed by atoms with Gasteiger partial charge in [0.05, 0.1) is 29.3 Å². The summed E-state index contributed by atoms with van der Waals surface area (Å²) >= 11 is 0. The quantitative estimate of drug-likeness (QED) is 0.471. The summed E-state index contributed by atoms with van der Waals surface area (Å²) in [4.78, 5) is 62.9. The average molecular weight is 587 g/mol. The molecular formula is C31H38N8O4. The van der Waals surface area contributed by atoms with E-state index in [2.05, 4.69) is 37.1 Å². The fourth-order valence-electron chi connectivity index (χ4n) is 7.67. The number of aromatic nitrogens is 5. The van der Waals surface area contributed by atoms with E-state index in [4.69, 9.17) is 0 Å². The van der Waals surface area contributed by atoms with Crippen LogP contribution in [0.3, 0.4) is 0 Å². The van der Waals surface area contributed by atoms with Gasteiger partial charge in [-0.15, -0.1) is 0 Å². The summed E-state index contributed by atoms with van der Waals surface area (Å²) in [5, 5.41) is 13.8. The van der Waals surface area contributed by atoms with E-state index in [1.807, 2.05) is 11.5 Å². The Bertz CT molecular complexity index is 1680. The van der Waals surface area contributed by atoms with E-state index in [1.165, 1.54) is 12.7 Å². The van der Waals surface area contributed by atoms with Crippen LogP contribution in [0.2, 0.25) is 0 Å². The summed E-state index contributed by atoms with van der Waals surface area (Å²) in [5.74, 6) is -0.590. The molecule has 12 nitrogen and oxygen atoms in total. The number of aryl methyl sites for hydroxylation is 2. The molecule has 2 amide bonds. The molecule has 0 bridgehead atoms. The van der Waals surface area contributed by atoms with E-state index >= 15 is 0 Å². The van der Waals surface area contributed by atoms with Crippen LogP contribution >= 0.6 is 0 Å². The summed E-state index contributed by atoms with van der Waals surface area (Å²) in [6.07, 6.45) is 10.6. The van der Waals surface area contributed by atoms with E-state index in [0.29, 0.717) is 42.2 Å². The number of rotatable bonds is 4. The van der Waals surface area contributed by atoms with Crippen LogP contribution in [0.1, 0.15) is 97.8 Å². The third-order valence-corrected chi connectivity index (χ3v) is 9.98. The molecule has 4 aliphatic rings. The Balaban J connectivity index is 1.27. The number of hydrogen-bond acceptors (Lipinski definition) is 9. The Hall–Kier alpha value is -4.09. The van der Waals surface area contributed by atoms with Crippen molar-refractivity contribution in [2.75, 3.05) is 18.0 Å². The van der Waals surface area contributed by atoms with E-state index in [9.17, 15) is 19.5 Å². The fraction of sp³-hybridized carbons (Fsp3) is 0.581. The van der Waals surface area contributed by atoms with Crippen LogP contribution in [0.25, 0.3) is 11.2 Å². The number of carbonyl (C=O) groups excluding carboxylic acids is 2. The standard InChI is InChI=1S/C31H38N8O4/c1-16-13-22(30(42)36-19-7-5-4-6-8-19)39-25(16)26(28(41)23-29(39)32-14-17(2)35-23)37-11-12-38(21-10-9-20(21)37)31(43)24-27(40)18(3)33-15-34-24/h14-16,19-22,40H,4-13H2,1-3H3,(H,36,42)/t16-,20+,21+,22-/m1/s1. The monoisotopic (exact) mass is 586 g/mol. The van der Waals surface area contributed by atoms with Crippen molar-refractivity contribution in [1.29, 1.82) is 0 Å². The molecule has 3 fully saturated rings. The van der Waals surface area contributed by atoms with Gasteiger partial charge in [0, 0.05) is 31.1 Å². The molecule has 2 saturated carbocycles. The van der Waals surface area contributed by atoms with Crippen LogP contribution in [0.4, 0.5) is 5.69 Å². The maximum Gasteiger partial charge on any atom is 0.276 e. The van der Waals surface area contributed by atoms with Crippen LogP contribution in [-0.4, -0.2) is 77.5 Å². The van der Waals surface area contributed by atoms with Crippen molar-refractivity contribution in [3.05, 3.63) is 45.5 Å². The van der Waals surface area contributed by atoms with E-state index in [1.54, 1.807) is 18.0 Å². The van der Waals surface area contributed by atoms with Crippen molar-refractivity contribution in [2.24, 2.45) is 0 Å². The lowest BCUT2D eigenvalue weighted by Gasteiger charge is -2.54. The van der Waals surface area contributed by atoms with E-state index in [-0.39, 0.29) is 58.2 Å². The number of fused-ring (bicyclic) bond motifs is 4. The molecule has 0 aromatic carbocycles. The van der Waals surface area contributed by atoms with Crippen molar-refractivity contribution in [3.8, 4) is 5.75 Å². The molecule has 0 unspecified atom stereocenters. The maximum absolute atomic E-state index is 14.3. The van der Waals surface area contributed by atoms with Crippen molar-refractivity contribution >= 4 is 28.7 Å². The van der Waals surface area contributed by atoms with Gasteiger partial charge in [-0.2, -0.15) is 0 Å². The van der Waals surface area contributed by atoms with Crippen LogP contribution in [-0.2, 0) is 4.79 Å². The fourth-order valence-corrected chi connectivity index (χ4v) is 7.67. The molecular weight excluding hydrogens is 548 g/mol. The number of amides is 2. The highest BCUT2D eigenvalue weighted by Gasteiger charge is 2.48. The first-order valence-electron chi connectivity index (χ1n) is 15.5. The number of aromatic hydroxyl groups is 1.